The molecule has 0 spiro atoms. The van der Waals surface area contributed by atoms with Crippen LogP contribution in [0.2, 0.25) is 0 Å². The van der Waals surface area contributed by atoms with Crippen molar-refractivity contribution in [1.29, 1.82) is 0 Å². The number of methoxy groups -OCH3 is 1. The van der Waals surface area contributed by atoms with Crippen molar-refractivity contribution in [3.05, 3.63) is 6.20 Å². The first-order valence-electron chi connectivity index (χ1n) is 5.92. The normalized spacial score (nSPS) is 10.8. The molecule has 0 aliphatic carbocycles. The highest BCUT2D eigenvalue weighted by Gasteiger charge is 2.10. The Kier molecular flexibility index (Phi) is 4.30. The molecule has 0 fully saturated rings. The molecule has 2 aromatic heterocycles. The fourth-order valence-electron chi connectivity index (χ4n) is 1.46. The van der Waals surface area contributed by atoms with E-state index < -0.39 is 0 Å². The topological polar surface area (TPSA) is 85.0 Å². The van der Waals surface area contributed by atoms with Crippen molar-refractivity contribution >= 4 is 17.0 Å². The molecule has 0 aromatic carbocycles. The first-order chi connectivity index (χ1) is 8.85. The summed E-state index contributed by atoms with van der Waals surface area (Å²) < 4.78 is 10.5. The Morgan fingerprint density at radius 3 is 3.00 bits per heavy atom. The summed E-state index contributed by atoms with van der Waals surface area (Å²) >= 11 is 0. The molecule has 7 nitrogen and oxygen atoms in total. The van der Waals surface area contributed by atoms with E-state index >= 15 is 0 Å². The molecule has 0 saturated heterocycles. The van der Waals surface area contributed by atoms with Gasteiger partial charge < -0.3 is 14.8 Å². The molecule has 2 rings (SSSR count). The van der Waals surface area contributed by atoms with Gasteiger partial charge in [-0.05, 0) is 6.42 Å². The highest BCUT2D eigenvalue weighted by Crippen LogP contribution is 2.21. The van der Waals surface area contributed by atoms with E-state index in [1.54, 1.807) is 13.3 Å². The second kappa shape index (κ2) is 6.15. The number of hydrogen-bond acceptors (Lipinski definition) is 6. The van der Waals surface area contributed by atoms with Gasteiger partial charge >= 0.3 is 0 Å². The van der Waals surface area contributed by atoms with E-state index in [2.05, 4.69) is 32.4 Å². The van der Waals surface area contributed by atoms with Crippen LogP contribution in [0.5, 0.6) is 5.88 Å². The molecular weight excluding hydrogens is 234 g/mol. The summed E-state index contributed by atoms with van der Waals surface area (Å²) in [7, 11) is 1.63. The zero-order chi connectivity index (χ0) is 12.8. The quantitative estimate of drug-likeness (QED) is 0.719. The summed E-state index contributed by atoms with van der Waals surface area (Å²) in [5.74, 6) is 1.06. The van der Waals surface area contributed by atoms with Gasteiger partial charge in [-0.3, -0.25) is 5.10 Å². The van der Waals surface area contributed by atoms with Gasteiger partial charge in [0.1, 0.15) is 12.0 Å². The minimum atomic E-state index is 0.445. The lowest BCUT2D eigenvalue weighted by atomic mass is 10.4. The second-order valence-corrected chi connectivity index (χ2v) is 3.75. The number of rotatable bonds is 7. The van der Waals surface area contributed by atoms with Crippen LogP contribution in [0.1, 0.15) is 13.3 Å². The van der Waals surface area contributed by atoms with Crippen molar-refractivity contribution in [2.45, 2.75) is 13.3 Å². The maximum Gasteiger partial charge on any atom is 0.229 e. The zero-order valence-electron chi connectivity index (χ0n) is 10.6. The van der Waals surface area contributed by atoms with Crippen molar-refractivity contribution in [1.82, 2.24) is 20.2 Å². The average Bonchev–Trinajstić information content (AvgIpc) is 2.85. The lowest BCUT2D eigenvalue weighted by Gasteiger charge is -2.08. The van der Waals surface area contributed by atoms with Gasteiger partial charge in [-0.15, -0.1) is 0 Å². The first kappa shape index (κ1) is 12.6. The number of aromatic nitrogens is 4. The minimum absolute atomic E-state index is 0.445. The molecule has 0 unspecified atom stereocenters. The highest BCUT2D eigenvalue weighted by atomic mass is 16.5. The first-order valence-corrected chi connectivity index (χ1v) is 5.92. The fourth-order valence-corrected chi connectivity index (χ4v) is 1.46. The van der Waals surface area contributed by atoms with E-state index in [4.69, 9.17) is 9.47 Å². The molecule has 98 valence electrons. The third-order valence-electron chi connectivity index (χ3n) is 2.33. The van der Waals surface area contributed by atoms with Gasteiger partial charge in [0.25, 0.3) is 0 Å². The van der Waals surface area contributed by atoms with Gasteiger partial charge in [0.15, 0.2) is 5.65 Å². The van der Waals surface area contributed by atoms with E-state index in [0.29, 0.717) is 30.7 Å². The second-order valence-electron chi connectivity index (χ2n) is 3.75. The Balaban J connectivity index is 2.21. The van der Waals surface area contributed by atoms with Gasteiger partial charge in [-0.1, -0.05) is 6.92 Å². The van der Waals surface area contributed by atoms with Crippen LogP contribution in [-0.2, 0) is 4.74 Å². The molecule has 0 radical (unpaired) electrons. The molecule has 0 amide bonds. The van der Waals surface area contributed by atoms with Crippen LogP contribution >= 0.6 is 0 Å². The molecule has 2 N–H and O–H groups in total. The van der Waals surface area contributed by atoms with E-state index in [1.807, 2.05) is 0 Å². The molecule has 0 saturated carbocycles. The number of hydrogen-bond donors (Lipinski definition) is 2. The molecule has 0 aliphatic rings. The maximum atomic E-state index is 5.56. The maximum absolute atomic E-state index is 5.56. The Hall–Kier alpha value is -1.89. The van der Waals surface area contributed by atoms with Crippen LogP contribution in [0.3, 0.4) is 0 Å². The summed E-state index contributed by atoms with van der Waals surface area (Å²) in [6, 6.07) is 0. The predicted molar refractivity (Wildman–Crippen MR) is 67.8 cm³/mol. The molecular formula is C11H17N5O2. The largest absolute Gasteiger partial charge is 0.475 e. The van der Waals surface area contributed by atoms with Crippen LogP contribution in [0.25, 0.3) is 11.0 Å². The molecule has 7 heteroatoms. The Morgan fingerprint density at radius 1 is 1.33 bits per heavy atom. The van der Waals surface area contributed by atoms with Gasteiger partial charge in [0.2, 0.25) is 11.8 Å². The van der Waals surface area contributed by atoms with E-state index in [1.165, 1.54) is 0 Å². The molecule has 2 heterocycles. The highest BCUT2D eigenvalue weighted by molar-refractivity contribution is 5.80. The van der Waals surface area contributed by atoms with Crippen molar-refractivity contribution in [2.24, 2.45) is 0 Å². The zero-order valence-corrected chi connectivity index (χ0v) is 10.6. The van der Waals surface area contributed by atoms with Crippen molar-refractivity contribution in [2.75, 3.05) is 32.2 Å². The lowest BCUT2D eigenvalue weighted by molar-refractivity contribution is 0.144. The summed E-state index contributed by atoms with van der Waals surface area (Å²) in [4.78, 5) is 8.63. The summed E-state index contributed by atoms with van der Waals surface area (Å²) in [6.07, 6.45) is 2.66. The van der Waals surface area contributed by atoms with Crippen molar-refractivity contribution in [3.8, 4) is 5.88 Å². The SMILES string of the molecule is CCCNc1nc(OCCOC)c2cn[nH]c2n1. The van der Waals surface area contributed by atoms with Crippen LogP contribution in [0.4, 0.5) is 5.95 Å². The Morgan fingerprint density at radius 2 is 2.22 bits per heavy atom. The number of H-pyrrole nitrogens is 1. The molecule has 18 heavy (non-hydrogen) atoms. The number of nitrogens with zero attached hydrogens (tertiary/aromatic N) is 3. The van der Waals surface area contributed by atoms with E-state index in [-0.39, 0.29) is 0 Å². The van der Waals surface area contributed by atoms with Gasteiger partial charge in [-0.2, -0.15) is 15.1 Å². The van der Waals surface area contributed by atoms with E-state index in [9.17, 15) is 0 Å². The Bertz CT molecular complexity index is 499. The summed E-state index contributed by atoms with van der Waals surface area (Å²) in [5, 5.41) is 10.7. The standard InChI is InChI=1S/C11H17N5O2/c1-3-4-12-11-14-9-8(7-13-16-9)10(15-11)18-6-5-17-2/h7H,3-6H2,1-2H3,(H2,12,13,14,15,16). The number of aromatic amines is 1. The number of ether oxygens (including phenoxy) is 2. The van der Waals surface area contributed by atoms with Gasteiger partial charge in [0.05, 0.1) is 12.8 Å². The lowest BCUT2D eigenvalue weighted by Crippen LogP contribution is -2.09. The summed E-state index contributed by atoms with van der Waals surface area (Å²) in [6.45, 7) is 3.86. The third kappa shape index (κ3) is 2.86. The van der Waals surface area contributed by atoms with Gasteiger partial charge in [-0.25, -0.2) is 0 Å². The molecule has 0 atom stereocenters. The minimum Gasteiger partial charge on any atom is -0.475 e. The van der Waals surface area contributed by atoms with Crippen LogP contribution in [0, 0.1) is 0 Å². The predicted octanol–water partition coefficient (Wildman–Crippen LogP) is 1.20. The summed E-state index contributed by atoms with van der Waals surface area (Å²) in [5.41, 5.74) is 0.663. The fraction of sp³-hybridized carbons (Fsp3) is 0.545. The number of anilines is 1. The molecule has 0 aliphatic heterocycles. The van der Waals surface area contributed by atoms with Crippen molar-refractivity contribution < 1.29 is 9.47 Å². The van der Waals surface area contributed by atoms with Crippen LogP contribution < -0.4 is 10.1 Å². The smallest absolute Gasteiger partial charge is 0.229 e. The van der Waals surface area contributed by atoms with Gasteiger partial charge in [0, 0.05) is 13.7 Å². The van der Waals surface area contributed by atoms with Crippen LogP contribution in [-0.4, -0.2) is 47.0 Å². The average molecular weight is 251 g/mol. The Labute approximate surface area is 105 Å². The number of fused-ring (bicyclic) bond motifs is 1. The van der Waals surface area contributed by atoms with Crippen molar-refractivity contribution in [3.63, 3.8) is 0 Å². The monoisotopic (exact) mass is 251 g/mol. The number of nitrogens with one attached hydrogen (secondary N) is 2. The molecule has 0 bridgehead atoms. The molecule has 2 aromatic rings. The third-order valence-corrected chi connectivity index (χ3v) is 2.33. The van der Waals surface area contributed by atoms with Crippen LogP contribution in [0.15, 0.2) is 6.20 Å². The van der Waals surface area contributed by atoms with E-state index in [0.717, 1.165) is 18.4 Å².